The minimum absolute atomic E-state index is 0.143. The lowest BCUT2D eigenvalue weighted by atomic mass is 10.1. The number of benzene rings is 1. The molecule has 98 valence electrons. The molecule has 5 heteroatoms. The molecule has 0 aliphatic rings. The molecule has 0 aliphatic heterocycles. The van der Waals surface area contributed by atoms with Gasteiger partial charge in [0.05, 0.1) is 14.6 Å². The van der Waals surface area contributed by atoms with Gasteiger partial charge in [0.15, 0.2) is 0 Å². The van der Waals surface area contributed by atoms with Crippen LogP contribution in [0.15, 0.2) is 12.1 Å². The van der Waals surface area contributed by atoms with Crippen molar-refractivity contribution in [2.45, 2.75) is 32.7 Å². The molecule has 0 unspecified atom stereocenters. The van der Waals surface area contributed by atoms with Crippen LogP contribution in [0.2, 0.25) is 0 Å². The van der Waals surface area contributed by atoms with Crippen molar-refractivity contribution in [3.63, 3.8) is 0 Å². The summed E-state index contributed by atoms with van der Waals surface area (Å²) in [7, 11) is 0. The number of hydrogen-bond acceptors (Lipinski definition) is 1. The third-order valence-electron chi connectivity index (χ3n) is 2.75. The highest BCUT2D eigenvalue weighted by Gasteiger charge is 2.22. The van der Waals surface area contributed by atoms with Crippen LogP contribution >= 0.6 is 34.2 Å². The number of aryl methyl sites for hydroxylation is 1. The summed E-state index contributed by atoms with van der Waals surface area (Å²) < 4.78 is 16.4. The number of halogens is 3. The van der Waals surface area contributed by atoms with E-state index >= 15 is 0 Å². The second-order valence-electron chi connectivity index (χ2n) is 5.23. The Morgan fingerprint density at radius 1 is 1.39 bits per heavy atom. The van der Waals surface area contributed by atoms with Gasteiger partial charge in [-0.25, -0.2) is 9.37 Å². The number of alkyl halides is 1. The zero-order valence-corrected chi connectivity index (χ0v) is 13.5. The van der Waals surface area contributed by atoms with Gasteiger partial charge >= 0.3 is 0 Å². The van der Waals surface area contributed by atoms with Crippen LogP contribution in [0.25, 0.3) is 11.0 Å². The Hall–Kier alpha value is -0.360. The molecule has 0 amide bonds. The smallest absolute Gasteiger partial charge is 0.138 e. The second-order valence-corrected chi connectivity index (χ2v) is 6.77. The lowest BCUT2D eigenvalue weighted by molar-refractivity contribution is 0.395. The first kappa shape index (κ1) is 14.1. The SMILES string of the molecule is CC(C)(C)n1c(CCCl)nc2cc(I)c(F)cc21. The monoisotopic (exact) mass is 380 g/mol. The average molecular weight is 381 g/mol. The van der Waals surface area contributed by atoms with E-state index in [1.807, 2.05) is 22.6 Å². The van der Waals surface area contributed by atoms with Crippen LogP contribution in [-0.2, 0) is 12.0 Å². The zero-order valence-electron chi connectivity index (χ0n) is 10.6. The lowest BCUT2D eigenvalue weighted by Gasteiger charge is -2.24. The molecular weight excluding hydrogens is 366 g/mol. The maximum Gasteiger partial charge on any atom is 0.138 e. The molecule has 0 atom stereocenters. The first-order valence-corrected chi connectivity index (χ1v) is 7.38. The standard InChI is InChI=1S/C13H15ClFIN2/c1-13(2,3)18-11-6-8(15)9(16)7-10(11)17-12(18)4-5-14/h6-7H,4-5H2,1-3H3. The van der Waals surface area contributed by atoms with E-state index in [4.69, 9.17) is 11.6 Å². The van der Waals surface area contributed by atoms with Crippen LogP contribution < -0.4 is 0 Å². The van der Waals surface area contributed by atoms with Crippen molar-refractivity contribution in [3.05, 3.63) is 27.3 Å². The molecule has 0 fully saturated rings. The molecule has 1 heterocycles. The Balaban J connectivity index is 2.77. The largest absolute Gasteiger partial charge is 0.322 e. The van der Waals surface area contributed by atoms with E-state index in [9.17, 15) is 4.39 Å². The van der Waals surface area contributed by atoms with Crippen molar-refractivity contribution in [1.29, 1.82) is 0 Å². The molecular formula is C13H15ClFIN2. The van der Waals surface area contributed by atoms with Gasteiger partial charge in [-0.1, -0.05) is 0 Å². The predicted molar refractivity (Wildman–Crippen MR) is 81.8 cm³/mol. The highest BCUT2D eigenvalue weighted by molar-refractivity contribution is 14.1. The van der Waals surface area contributed by atoms with Gasteiger partial charge in [0.25, 0.3) is 0 Å². The summed E-state index contributed by atoms with van der Waals surface area (Å²) in [6, 6.07) is 3.35. The summed E-state index contributed by atoms with van der Waals surface area (Å²) in [5.41, 5.74) is 1.52. The Bertz CT molecular complexity index is 587. The summed E-state index contributed by atoms with van der Waals surface area (Å²) in [5.74, 6) is 1.22. The van der Waals surface area contributed by atoms with Gasteiger partial charge in [-0.3, -0.25) is 0 Å². The van der Waals surface area contributed by atoms with E-state index in [-0.39, 0.29) is 11.4 Å². The van der Waals surface area contributed by atoms with E-state index in [1.165, 1.54) is 0 Å². The summed E-state index contributed by atoms with van der Waals surface area (Å²) in [5, 5.41) is 0. The number of rotatable bonds is 2. The highest BCUT2D eigenvalue weighted by Crippen LogP contribution is 2.28. The van der Waals surface area contributed by atoms with Crippen LogP contribution in [0.1, 0.15) is 26.6 Å². The summed E-state index contributed by atoms with van der Waals surface area (Å²) >= 11 is 7.80. The number of hydrogen-bond donors (Lipinski definition) is 0. The number of imidazole rings is 1. The molecule has 18 heavy (non-hydrogen) atoms. The van der Waals surface area contributed by atoms with Crippen molar-refractivity contribution < 1.29 is 4.39 Å². The third-order valence-corrected chi connectivity index (χ3v) is 3.77. The molecule has 0 aliphatic carbocycles. The third kappa shape index (κ3) is 2.50. The maximum atomic E-state index is 13.7. The normalized spacial score (nSPS) is 12.3. The van der Waals surface area contributed by atoms with E-state index < -0.39 is 0 Å². The van der Waals surface area contributed by atoms with E-state index in [0.29, 0.717) is 15.9 Å². The Kier molecular flexibility index (Phi) is 3.88. The van der Waals surface area contributed by atoms with Crippen LogP contribution in [0.3, 0.4) is 0 Å². The molecule has 2 aromatic rings. The van der Waals surface area contributed by atoms with Gasteiger partial charge in [-0.15, -0.1) is 11.6 Å². The minimum atomic E-state index is -0.203. The van der Waals surface area contributed by atoms with Gasteiger partial charge in [-0.2, -0.15) is 0 Å². The van der Waals surface area contributed by atoms with Crippen molar-refractivity contribution in [1.82, 2.24) is 9.55 Å². The van der Waals surface area contributed by atoms with Gasteiger partial charge < -0.3 is 4.57 Å². The van der Waals surface area contributed by atoms with Gasteiger partial charge in [-0.05, 0) is 49.4 Å². The molecule has 1 aromatic heterocycles. The fourth-order valence-electron chi connectivity index (χ4n) is 2.12. The molecule has 2 nitrogen and oxygen atoms in total. The van der Waals surface area contributed by atoms with E-state index in [2.05, 4.69) is 30.3 Å². The van der Waals surface area contributed by atoms with Crippen LogP contribution in [0.4, 0.5) is 4.39 Å². The Labute approximate surface area is 125 Å². The molecule has 0 saturated heterocycles. The summed E-state index contributed by atoms with van der Waals surface area (Å²) in [6.45, 7) is 6.26. The van der Waals surface area contributed by atoms with Crippen molar-refractivity contribution in [3.8, 4) is 0 Å². The number of nitrogens with zero attached hydrogens (tertiary/aromatic N) is 2. The van der Waals surface area contributed by atoms with Crippen molar-refractivity contribution in [2.75, 3.05) is 5.88 Å². The number of aromatic nitrogens is 2. The summed E-state index contributed by atoms with van der Waals surface area (Å²) in [6.07, 6.45) is 0.686. The molecule has 0 radical (unpaired) electrons. The second kappa shape index (κ2) is 4.96. The molecule has 0 N–H and O–H groups in total. The van der Waals surface area contributed by atoms with E-state index in [0.717, 1.165) is 16.9 Å². The quantitative estimate of drug-likeness (QED) is 0.560. The molecule has 0 spiro atoms. The van der Waals surface area contributed by atoms with Gasteiger partial charge in [0.2, 0.25) is 0 Å². The average Bonchev–Trinajstić information content (AvgIpc) is 2.56. The van der Waals surface area contributed by atoms with Gasteiger partial charge in [0, 0.05) is 23.9 Å². The fourth-order valence-corrected chi connectivity index (χ4v) is 2.74. The fraction of sp³-hybridized carbons (Fsp3) is 0.462. The van der Waals surface area contributed by atoms with Crippen LogP contribution in [0, 0.1) is 9.39 Å². The Morgan fingerprint density at radius 2 is 2.06 bits per heavy atom. The summed E-state index contributed by atoms with van der Waals surface area (Å²) in [4.78, 5) is 4.58. The molecule has 0 saturated carbocycles. The van der Waals surface area contributed by atoms with E-state index in [1.54, 1.807) is 12.1 Å². The number of fused-ring (bicyclic) bond motifs is 1. The topological polar surface area (TPSA) is 17.8 Å². The predicted octanol–water partition coefficient (Wildman–Crippen LogP) is 4.32. The molecule has 0 bridgehead atoms. The zero-order chi connectivity index (χ0) is 13.5. The van der Waals surface area contributed by atoms with Crippen molar-refractivity contribution >= 4 is 45.2 Å². The maximum absolute atomic E-state index is 13.7. The van der Waals surface area contributed by atoms with Gasteiger partial charge in [0.1, 0.15) is 11.6 Å². The lowest BCUT2D eigenvalue weighted by Crippen LogP contribution is -2.24. The molecule has 2 rings (SSSR count). The minimum Gasteiger partial charge on any atom is -0.322 e. The Morgan fingerprint density at radius 3 is 2.61 bits per heavy atom. The van der Waals surface area contributed by atoms with Crippen LogP contribution in [0.5, 0.6) is 0 Å². The first-order chi connectivity index (χ1) is 8.34. The van der Waals surface area contributed by atoms with Crippen molar-refractivity contribution in [2.24, 2.45) is 0 Å². The van der Waals surface area contributed by atoms with Crippen LogP contribution in [-0.4, -0.2) is 15.4 Å². The highest BCUT2D eigenvalue weighted by atomic mass is 127. The molecule has 1 aromatic carbocycles. The first-order valence-electron chi connectivity index (χ1n) is 5.77.